The van der Waals surface area contributed by atoms with Gasteiger partial charge in [0.25, 0.3) is 0 Å². The molecule has 0 saturated carbocycles. The van der Waals surface area contributed by atoms with Crippen LogP contribution in [0.3, 0.4) is 0 Å². The third kappa shape index (κ3) is 0.700. The lowest BCUT2D eigenvalue weighted by atomic mass is 9.84. The summed E-state index contributed by atoms with van der Waals surface area (Å²) >= 11 is 0. The van der Waals surface area contributed by atoms with Crippen LogP contribution in [-0.4, -0.2) is 26.3 Å². The van der Waals surface area contributed by atoms with E-state index in [0.717, 1.165) is 32.2 Å². The number of nitrogens with one attached hydrogen (secondary N) is 1. The van der Waals surface area contributed by atoms with Gasteiger partial charge in [-0.15, -0.1) is 0 Å². The summed E-state index contributed by atoms with van der Waals surface area (Å²) in [5.74, 6) is 0.789. The van der Waals surface area contributed by atoms with Crippen molar-refractivity contribution >= 4 is 0 Å². The molecule has 0 bridgehead atoms. The van der Waals surface area contributed by atoms with Gasteiger partial charge in [0.05, 0.1) is 13.2 Å². The highest BCUT2D eigenvalue weighted by Crippen LogP contribution is 2.36. The van der Waals surface area contributed by atoms with E-state index in [4.69, 9.17) is 4.74 Å². The molecule has 2 heterocycles. The molecule has 0 radical (unpaired) electrons. The molecule has 2 rings (SSSR count). The Morgan fingerprint density at radius 3 is 3.33 bits per heavy atom. The summed E-state index contributed by atoms with van der Waals surface area (Å²) in [5, 5.41) is 3.38. The molecular weight excluding hydrogens is 114 g/mol. The molecule has 0 aliphatic carbocycles. The third-order valence-electron chi connectivity index (χ3n) is 2.66. The van der Waals surface area contributed by atoms with Crippen molar-refractivity contribution in [3.8, 4) is 0 Å². The van der Waals surface area contributed by atoms with Gasteiger partial charge in [-0.25, -0.2) is 0 Å². The van der Waals surface area contributed by atoms with Crippen LogP contribution in [0.5, 0.6) is 0 Å². The largest absolute Gasteiger partial charge is 0.380 e. The molecule has 2 nitrogen and oxygen atoms in total. The molecule has 2 saturated heterocycles. The Hall–Kier alpha value is -0.0800. The molecule has 1 N–H and O–H groups in total. The predicted molar refractivity (Wildman–Crippen MR) is 35.3 cm³/mol. The number of rotatable bonds is 0. The van der Waals surface area contributed by atoms with Crippen molar-refractivity contribution in [2.75, 3.05) is 26.3 Å². The van der Waals surface area contributed by atoms with Crippen molar-refractivity contribution in [2.24, 2.45) is 11.3 Å². The van der Waals surface area contributed by atoms with Crippen molar-refractivity contribution < 1.29 is 4.74 Å². The Kier molecular flexibility index (Phi) is 1.08. The molecule has 0 amide bonds. The first kappa shape index (κ1) is 5.69. The first-order valence-electron chi connectivity index (χ1n) is 3.60. The van der Waals surface area contributed by atoms with Crippen LogP contribution in [-0.2, 0) is 4.74 Å². The summed E-state index contributed by atoms with van der Waals surface area (Å²) in [6.45, 7) is 6.56. The molecule has 0 aromatic carbocycles. The second-order valence-electron chi connectivity index (χ2n) is 3.50. The fourth-order valence-electron chi connectivity index (χ4n) is 1.79. The van der Waals surface area contributed by atoms with Gasteiger partial charge in [0, 0.05) is 24.4 Å². The van der Waals surface area contributed by atoms with E-state index in [0.29, 0.717) is 5.41 Å². The van der Waals surface area contributed by atoms with Gasteiger partial charge < -0.3 is 10.1 Å². The summed E-state index contributed by atoms with van der Waals surface area (Å²) in [6, 6.07) is 0. The van der Waals surface area contributed by atoms with Crippen molar-refractivity contribution in [3.05, 3.63) is 0 Å². The van der Waals surface area contributed by atoms with Gasteiger partial charge in [0.2, 0.25) is 0 Å². The van der Waals surface area contributed by atoms with Gasteiger partial charge in [-0.05, 0) is 0 Å². The molecule has 2 fully saturated rings. The first-order valence-corrected chi connectivity index (χ1v) is 3.60. The Morgan fingerprint density at radius 1 is 1.67 bits per heavy atom. The summed E-state index contributed by atoms with van der Waals surface area (Å²) < 4.78 is 5.37. The summed E-state index contributed by atoms with van der Waals surface area (Å²) in [5.41, 5.74) is 0.472. The second-order valence-corrected chi connectivity index (χ2v) is 3.50. The first-order chi connectivity index (χ1) is 4.31. The minimum atomic E-state index is 0.472. The van der Waals surface area contributed by atoms with Gasteiger partial charge in [0.1, 0.15) is 0 Å². The number of hydrogen-bond donors (Lipinski definition) is 1. The normalized spacial score (nSPS) is 49.7. The molecule has 0 aromatic rings. The standard InChI is InChI=1S/C7H13NO/c1-7-4-8-2-6(7)3-9-5-7/h6,8H,2-5H2,1H3/t6-,7+/m1/s1. The summed E-state index contributed by atoms with van der Waals surface area (Å²) in [6.07, 6.45) is 0. The molecule has 2 heteroatoms. The van der Waals surface area contributed by atoms with Crippen LogP contribution in [0.25, 0.3) is 0 Å². The Morgan fingerprint density at radius 2 is 2.56 bits per heavy atom. The fourth-order valence-corrected chi connectivity index (χ4v) is 1.79. The van der Waals surface area contributed by atoms with E-state index < -0.39 is 0 Å². The maximum absolute atomic E-state index is 5.37. The van der Waals surface area contributed by atoms with Gasteiger partial charge in [-0.2, -0.15) is 0 Å². The molecule has 2 aliphatic heterocycles. The van der Waals surface area contributed by atoms with Crippen LogP contribution >= 0.6 is 0 Å². The van der Waals surface area contributed by atoms with Crippen LogP contribution in [0, 0.1) is 11.3 Å². The van der Waals surface area contributed by atoms with Crippen molar-refractivity contribution in [1.82, 2.24) is 5.32 Å². The molecule has 0 spiro atoms. The Balaban J connectivity index is 2.17. The number of fused-ring (bicyclic) bond motifs is 1. The summed E-state index contributed by atoms with van der Waals surface area (Å²) in [7, 11) is 0. The average molecular weight is 127 g/mol. The van der Waals surface area contributed by atoms with E-state index in [9.17, 15) is 0 Å². The zero-order chi connectivity index (χ0) is 6.32. The molecule has 9 heavy (non-hydrogen) atoms. The van der Waals surface area contributed by atoms with Crippen molar-refractivity contribution in [3.63, 3.8) is 0 Å². The Bertz CT molecular complexity index is 114. The van der Waals surface area contributed by atoms with Crippen LogP contribution in [0.1, 0.15) is 6.92 Å². The number of hydrogen-bond acceptors (Lipinski definition) is 2. The molecule has 2 aliphatic rings. The van der Waals surface area contributed by atoms with E-state index in [-0.39, 0.29) is 0 Å². The highest BCUT2D eigenvalue weighted by Gasteiger charge is 2.43. The molecule has 2 atom stereocenters. The SMILES string of the molecule is C[C@@]12CNC[C@@H]1COC2. The maximum Gasteiger partial charge on any atom is 0.0536 e. The fraction of sp³-hybridized carbons (Fsp3) is 1.00. The van der Waals surface area contributed by atoms with E-state index in [1.54, 1.807) is 0 Å². The lowest BCUT2D eigenvalue weighted by molar-refractivity contribution is 0.158. The topological polar surface area (TPSA) is 21.3 Å². The lowest BCUT2D eigenvalue weighted by Crippen LogP contribution is -2.24. The number of ether oxygens (including phenoxy) is 1. The molecule has 52 valence electrons. The minimum Gasteiger partial charge on any atom is -0.380 e. The van der Waals surface area contributed by atoms with Crippen LogP contribution in [0.2, 0.25) is 0 Å². The zero-order valence-corrected chi connectivity index (χ0v) is 5.81. The average Bonchev–Trinajstić information content (AvgIpc) is 2.22. The van der Waals surface area contributed by atoms with Crippen molar-refractivity contribution in [2.45, 2.75) is 6.92 Å². The highest BCUT2D eigenvalue weighted by molar-refractivity contribution is 4.94. The third-order valence-corrected chi connectivity index (χ3v) is 2.66. The lowest BCUT2D eigenvalue weighted by Gasteiger charge is -2.18. The van der Waals surface area contributed by atoms with Gasteiger partial charge in [0.15, 0.2) is 0 Å². The smallest absolute Gasteiger partial charge is 0.0536 e. The van der Waals surface area contributed by atoms with E-state index in [2.05, 4.69) is 12.2 Å². The molecule has 0 aromatic heterocycles. The van der Waals surface area contributed by atoms with Crippen LogP contribution < -0.4 is 5.32 Å². The van der Waals surface area contributed by atoms with Gasteiger partial charge in [-0.1, -0.05) is 6.92 Å². The van der Waals surface area contributed by atoms with E-state index in [1.165, 1.54) is 0 Å². The second kappa shape index (κ2) is 1.70. The summed E-state index contributed by atoms with van der Waals surface area (Å²) in [4.78, 5) is 0. The zero-order valence-electron chi connectivity index (χ0n) is 5.81. The molecule has 0 unspecified atom stereocenters. The Labute approximate surface area is 55.6 Å². The quantitative estimate of drug-likeness (QED) is 0.503. The monoisotopic (exact) mass is 127 g/mol. The minimum absolute atomic E-state index is 0.472. The highest BCUT2D eigenvalue weighted by atomic mass is 16.5. The van der Waals surface area contributed by atoms with E-state index >= 15 is 0 Å². The van der Waals surface area contributed by atoms with Crippen LogP contribution in [0.15, 0.2) is 0 Å². The molecular formula is C7H13NO. The van der Waals surface area contributed by atoms with Crippen molar-refractivity contribution in [1.29, 1.82) is 0 Å². The van der Waals surface area contributed by atoms with Gasteiger partial charge in [-0.3, -0.25) is 0 Å². The van der Waals surface area contributed by atoms with Crippen LogP contribution in [0.4, 0.5) is 0 Å². The predicted octanol–water partition coefficient (Wildman–Crippen LogP) is 0.242. The van der Waals surface area contributed by atoms with E-state index in [1.807, 2.05) is 0 Å². The maximum atomic E-state index is 5.37. The van der Waals surface area contributed by atoms with Gasteiger partial charge >= 0.3 is 0 Å².